The number of likely N-dealkylation sites (tertiary alicyclic amines) is 1. The molecule has 4 rings (SSSR count). The Morgan fingerprint density at radius 1 is 1.42 bits per heavy atom. The number of nitrogens with one attached hydrogen (secondary N) is 1. The minimum atomic E-state index is -2.87. The number of benzene rings is 1. The zero-order valence-corrected chi connectivity index (χ0v) is 17.9. The van der Waals surface area contributed by atoms with E-state index in [-0.39, 0.29) is 11.8 Å². The molecule has 1 aliphatic rings. The van der Waals surface area contributed by atoms with Gasteiger partial charge in [0.1, 0.15) is 12.1 Å². The summed E-state index contributed by atoms with van der Waals surface area (Å²) in [5, 5.41) is 12.1. The summed E-state index contributed by atoms with van der Waals surface area (Å²) in [5.41, 5.74) is 0.445. The lowest BCUT2D eigenvalue weighted by Crippen LogP contribution is -2.42. The number of ether oxygens (including phenoxy) is 1. The van der Waals surface area contributed by atoms with E-state index in [0.717, 1.165) is 16.6 Å². The van der Waals surface area contributed by atoms with Crippen molar-refractivity contribution in [3.8, 4) is 5.75 Å². The molecule has 3 aromatic rings. The second-order valence-electron chi connectivity index (χ2n) is 7.36. The molecule has 0 spiro atoms. The van der Waals surface area contributed by atoms with Gasteiger partial charge in [-0.1, -0.05) is 0 Å². The number of thiazole rings is 1. The highest BCUT2D eigenvalue weighted by molar-refractivity contribution is 7.20. The first-order valence-corrected chi connectivity index (χ1v) is 10.6. The molecule has 0 radical (unpaired) electrons. The van der Waals surface area contributed by atoms with Gasteiger partial charge in [-0.2, -0.15) is 4.80 Å². The smallest absolute Gasteiger partial charge is 0.282 e. The molecule has 1 saturated heterocycles. The number of piperidine rings is 1. The molecule has 1 atom stereocenters. The predicted octanol–water partition coefficient (Wildman–Crippen LogP) is 3.52. The first kappa shape index (κ1) is 21.2. The van der Waals surface area contributed by atoms with E-state index in [2.05, 4.69) is 10.1 Å². The van der Waals surface area contributed by atoms with Crippen molar-refractivity contribution < 1.29 is 18.3 Å². The lowest BCUT2D eigenvalue weighted by Gasteiger charge is -2.34. The summed E-state index contributed by atoms with van der Waals surface area (Å²) < 4.78 is 33.8. The lowest BCUT2D eigenvalue weighted by atomic mass is 9.93. The number of amides is 1. The van der Waals surface area contributed by atoms with Gasteiger partial charge >= 0.3 is 0 Å². The van der Waals surface area contributed by atoms with Crippen LogP contribution in [0.4, 0.5) is 8.78 Å². The number of nitrogens with zero attached hydrogens (tertiary/aromatic N) is 5. The molecule has 11 heteroatoms. The predicted molar refractivity (Wildman–Crippen MR) is 114 cm³/mol. The van der Waals surface area contributed by atoms with Crippen molar-refractivity contribution in [2.75, 3.05) is 20.2 Å². The standard InChI is InChI=1S/C20H22F2N6O2S/c1-26-11-24-28(26)16(9-14(23)18(21)22)12-4-3-7-27(10-12)20(29)19-25-15-6-5-13(30-2)8-17(15)31-19/h5-6,8-9,11-12,18,23H,3-4,7,10H2,1-2H3/b16-9-,23-14?/t12-/m0/s1. The summed E-state index contributed by atoms with van der Waals surface area (Å²) in [6, 6.07) is 5.46. The summed E-state index contributed by atoms with van der Waals surface area (Å²) in [6.07, 6.45) is 1.28. The van der Waals surface area contributed by atoms with Crippen LogP contribution in [0.5, 0.6) is 5.75 Å². The first-order chi connectivity index (χ1) is 14.9. The third kappa shape index (κ3) is 4.22. The fourth-order valence-electron chi connectivity index (χ4n) is 3.68. The van der Waals surface area contributed by atoms with Gasteiger partial charge in [0.05, 0.1) is 28.7 Å². The number of fused-ring (bicyclic) bond motifs is 1. The zero-order chi connectivity index (χ0) is 22.1. The molecule has 8 nitrogen and oxygen atoms in total. The van der Waals surface area contributed by atoms with E-state index in [1.807, 2.05) is 12.1 Å². The summed E-state index contributed by atoms with van der Waals surface area (Å²) in [6.45, 7) is 0.910. The fraction of sp³-hybridized carbons (Fsp3) is 0.400. The first-order valence-electron chi connectivity index (χ1n) is 9.76. The van der Waals surface area contributed by atoms with E-state index >= 15 is 0 Å². The second-order valence-corrected chi connectivity index (χ2v) is 8.39. The number of allylic oxidation sites excluding steroid dienone is 1. The van der Waals surface area contributed by atoms with Gasteiger partial charge in [0, 0.05) is 26.1 Å². The summed E-state index contributed by atoms with van der Waals surface area (Å²) in [7, 11) is 3.33. The van der Waals surface area contributed by atoms with E-state index in [1.54, 1.807) is 36.1 Å². The largest absolute Gasteiger partial charge is 0.497 e. The molecule has 1 aliphatic heterocycles. The average molecular weight is 448 g/mol. The van der Waals surface area contributed by atoms with Crippen molar-refractivity contribution >= 4 is 38.9 Å². The number of halogens is 2. The van der Waals surface area contributed by atoms with Crippen LogP contribution in [0.3, 0.4) is 0 Å². The SMILES string of the molecule is COc1ccc2nc(C(=O)N3CCC[C@H](/C(=C/C(=N)C(F)F)n4ncn4C)C3)sc2c1. The minimum Gasteiger partial charge on any atom is -0.497 e. The number of hydrogen-bond donors (Lipinski definition) is 1. The molecule has 3 heterocycles. The van der Waals surface area contributed by atoms with E-state index in [9.17, 15) is 13.6 Å². The van der Waals surface area contributed by atoms with Crippen LogP contribution in [0, 0.1) is 11.3 Å². The molecule has 164 valence electrons. The van der Waals surface area contributed by atoms with Crippen molar-refractivity contribution in [2.24, 2.45) is 13.0 Å². The number of hydrogen-bond acceptors (Lipinski definition) is 6. The van der Waals surface area contributed by atoms with Gasteiger partial charge in [0.25, 0.3) is 12.3 Å². The quantitative estimate of drug-likeness (QED) is 0.585. The van der Waals surface area contributed by atoms with Crippen LogP contribution in [-0.2, 0) is 7.05 Å². The molecule has 0 bridgehead atoms. The van der Waals surface area contributed by atoms with Gasteiger partial charge in [-0.25, -0.2) is 13.8 Å². The van der Waals surface area contributed by atoms with Gasteiger partial charge in [-0.15, -0.1) is 16.4 Å². The van der Waals surface area contributed by atoms with Crippen LogP contribution < -0.4 is 4.74 Å². The van der Waals surface area contributed by atoms with Crippen LogP contribution in [-0.4, -0.2) is 62.7 Å². The number of methoxy groups -OCH3 is 1. The van der Waals surface area contributed by atoms with Crippen LogP contribution in [0.15, 0.2) is 30.6 Å². The third-order valence-electron chi connectivity index (χ3n) is 5.30. The van der Waals surface area contributed by atoms with Crippen molar-refractivity contribution in [1.82, 2.24) is 24.5 Å². The normalized spacial score (nSPS) is 17.5. The Labute approximate surface area is 181 Å². The molecule has 1 amide bonds. The number of rotatable bonds is 6. The molecule has 1 fully saturated rings. The highest BCUT2D eigenvalue weighted by Crippen LogP contribution is 2.31. The maximum Gasteiger partial charge on any atom is 0.282 e. The molecular formula is C20H22F2N6O2S. The maximum atomic E-state index is 13.1. The average Bonchev–Trinajstić information content (AvgIpc) is 3.20. The highest BCUT2D eigenvalue weighted by Gasteiger charge is 2.30. The van der Waals surface area contributed by atoms with Crippen molar-refractivity contribution in [2.45, 2.75) is 19.3 Å². The summed E-state index contributed by atoms with van der Waals surface area (Å²) >= 11 is 1.30. The van der Waals surface area contributed by atoms with Crippen molar-refractivity contribution in [3.63, 3.8) is 0 Å². The Balaban J connectivity index is 1.58. The second kappa shape index (κ2) is 8.58. The Morgan fingerprint density at radius 3 is 2.87 bits per heavy atom. The molecule has 31 heavy (non-hydrogen) atoms. The molecule has 0 unspecified atom stereocenters. The Morgan fingerprint density at radius 2 is 2.23 bits per heavy atom. The van der Waals surface area contributed by atoms with Gasteiger partial charge in [0.15, 0.2) is 5.01 Å². The van der Waals surface area contributed by atoms with Gasteiger partial charge in [-0.05, 0) is 37.1 Å². The Hall–Kier alpha value is -3.08. The minimum absolute atomic E-state index is 0.186. The van der Waals surface area contributed by atoms with Crippen LogP contribution in [0.1, 0.15) is 22.6 Å². The Kier molecular flexibility index (Phi) is 5.86. The fourth-order valence-corrected chi connectivity index (χ4v) is 4.64. The number of aromatic nitrogens is 4. The van der Waals surface area contributed by atoms with Crippen molar-refractivity contribution in [3.05, 3.63) is 35.6 Å². The van der Waals surface area contributed by atoms with Crippen LogP contribution in [0.2, 0.25) is 0 Å². The summed E-state index contributed by atoms with van der Waals surface area (Å²) in [4.78, 5) is 20.8. The topological polar surface area (TPSA) is 89.0 Å². The summed E-state index contributed by atoms with van der Waals surface area (Å²) in [5.74, 6) is 0.295. The number of alkyl halides is 2. The molecule has 1 aromatic carbocycles. The highest BCUT2D eigenvalue weighted by atomic mass is 32.1. The van der Waals surface area contributed by atoms with E-state index in [4.69, 9.17) is 10.1 Å². The number of aryl methyl sites for hydroxylation is 1. The van der Waals surface area contributed by atoms with Crippen LogP contribution in [0.25, 0.3) is 15.9 Å². The molecule has 0 aliphatic carbocycles. The lowest BCUT2D eigenvalue weighted by molar-refractivity contribution is 0.0695. The molecule has 2 aromatic heterocycles. The molecule has 1 N–H and O–H groups in total. The molecular weight excluding hydrogens is 426 g/mol. The zero-order valence-electron chi connectivity index (χ0n) is 17.1. The van der Waals surface area contributed by atoms with Gasteiger partial charge in [-0.3, -0.25) is 14.9 Å². The van der Waals surface area contributed by atoms with Gasteiger partial charge < -0.3 is 9.64 Å². The molecule has 0 saturated carbocycles. The van der Waals surface area contributed by atoms with Crippen LogP contribution >= 0.6 is 11.3 Å². The monoisotopic (exact) mass is 448 g/mol. The third-order valence-corrected chi connectivity index (χ3v) is 6.31. The van der Waals surface area contributed by atoms with Gasteiger partial charge in [0.2, 0.25) is 0 Å². The Bertz CT molecular complexity index is 1150. The van der Waals surface area contributed by atoms with E-state index in [0.29, 0.717) is 36.0 Å². The maximum absolute atomic E-state index is 13.1. The number of carbonyl (C=O) groups excluding carboxylic acids is 1. The number of carbonyl (C=O) groups is 1. The van der Waals surface area contributed by atoms with E-state index in [1.165, 1.54) is 22.2 Å². The van der Waals surface area contributed by atoms with E-state index < -0.39 is 12.1 Å². The van der Waals surface area contributed by atoms with Crippen molar-refractivity contribution in [1.29, 1.82) is 5.41 Å².